The Bertz CT molecular complexity index is 279. The summed E-state index contributed by atoms with van der Waals surface area (Å²) >= 11 is 0. The largest absolute Gasteiger partial charge is 0.354 e. The average Bonchev–Trinajstić information content (AvgIpc) is 2.25. The SMILES string of the molecule is CC(C)CNC(=O)C(C)NCCC(C)(C)C#N. The molecule has 0 bridgehead atoms. The molecule has 0 saturated carbocycles. The predicted octanol–water partition coefficient (Wildman–Crippen LogP) is 1.68. The van der Waals surface area contributed by atoms with E-state index >= 15 is 0 Å². The second-order valence-electron chi connectivity index (χ2n) is 5.56. The van der Waals surface area contributed by atoms with E-state index in [-0.39, 0.29) is 17.4 Å². The molecule has 0 heterocycles. The average molecular weight is 239 g/mol. The molecule has 1 unspecified atom stereocenters. The highest BCUT2D eigenvalue weighted by atomic mass is 16.2. The second kappa shape index (κ2) is 7.29. The molecule has 0 rings (SSSR count). The number of hydrogen-bond donors (Lipinski definition) is 2. The number of hydrogen-bond acceptors (Lipinski definition) is 3. The number of rotatable bonds is 7. The fourth-order valence-corrected chi connectivity index (χ4v) is 1.21. The van der Waals surface area contributed by atoms with Gasteiger partial charge in [0.25, 0.3) is 0 Å². The van der Waals surface area contributed by atoms with Crippen LogP contribution < -0.4 is 10.6 Å². The normalized spacial score (nSPS) is 13.2. The van der Waals surface area contributed by atoms with Crippen LogP contribution in [0.4, 0.5) is 0 Å². The van der Waals surface area contributed by atoms with E-state index in [1.165, 1.54) is 0 Å². The lowest BCUT2D eigenvalue weighted by molar-refractivity contribution is -0.122. The van der Waals surface area contributed by atoms with E-state index in [1.807, 2.05) is 20.8 Å². The molecule has 0 aromatic rings. The van der Waals surface area contributed by atoms with Crippen molar-refractivity contribution in [1.29, 1.82) is 5.26 Å². The number of amides is 1. The van der Waals surface area contributed by atoms with Crippen LogP contribution in [-0.4, -0.2) is 25.0 Å². The first-order valence-electron chi connectivity index (χ1n) is 6.21. The molecule has 2 N–H and O–H groups in total. The van der Waals surface area contributed by atoms with Crippen LogP contribution in [0, 0.1) is 22.7 Å². The zero-order valence-electron chi connectivity index (χ0n) is 11.6. The topological polar surface area (TPSA) is 64.9 Å². The Morgan fingerprint density at radius 1 is 1.35 bits per heavy atom. The van der Waals surface area contributed by atoms with Crippen molar-refractivity contribution in [3.8, 4) is 6.07 Å². The summed E-state index contributed by atoms with van der Waals surface area (Å²) in [6.45, 7) is 11.2. The van der Waals surface area contributed by atoms with Gasteiger partial charge in [-0.1, -0.05) is 13.8 Å². The van der Waals surface area contributed by atoms with Crippen LogP contribution in [0.3, 0.4) is 0 Å². The minimum atomic E-state index is -0.332. The van der Waals surface area contributed by atoms with Gasteiger partial charge in [0.2, 0.25) is 5.91 Å². The quantitative estimate of drug-likeness (QED) is 0.710. The summed E-state index contributed by atoms with van der Waals surface area (Å²) in [5.41, 5.74) is -0.332. The van der Waals surface area contributed by atoms with Crippen LogP contribution >= 0.6 is 0 Å². The van der Waals surface area contributed by atoms with Crippen molar-refractivity contribution in [3.63, 3.8) is 0 Å². The molecule has 4 nitrogen and oxygen atoms in total. The maximum atomic E-state index is 11.6. The van der Waals surface area contributed by atoms with Crippen LogP contribution in [0.15, 0.2) is 0 Å². The van der Waals surface area contributed by atoms with E-state index < -0.39 is 0 Å². The maximum absolute atomic E-state index is 11.6. The standard InChI is InChI=1S/C13H25N3O/c1-10(2)8-16-12(17)11(3)15-7-6-13(4,5)9-14/h10-11,15H,6-8H2,1-5H3,(H,16,17). The first-order chi connectivity index (χ1) is 7.78. The van der Waals surface area contributed by atoms with E-state index in [1.54, 1.807) is 0 Å². The van der Waals surface area contributed by atoms with Gasteiger partial charge in [0.1, 0.15) is 0 Å². The van der Waals surface area contributed by atoms with Crippen LogP contribution in [-0.2, 0) is 4.79 Å². The Balaban J connectivity index is 3.83. The molecule has 4 heteroatoms. The minimum absolute atomic E-state index is 0.0217. The van der Waals surface area contributed by atoms with Crippen molar-refractivity contribution >= 4 is 5.91 Å². The summed E-state index contributed by atoms with van der Waals surface area (Å²) in [7, 11) is 0. The molecule has 0 aromatic heterocycles. The van der Waals surface area contributed by atoms with Gasteiger partial charge in [-0.25, -0.2) is 0 Å². The molecule has 17 heavy (non-hydrogen) atoms. The Hall–Kier alpha value is -1.08. The number of carbonyl (C=O) groups excluding carboxylic acids is 1. The number of nitriles is 1. The molecule has 0 aliphatic carbocycles. The van der Waals surface area contributed by atoms with E-state index in [4.69, 9.17) is 5.26 Å². The fourth-order valence-electron chi connectivity index (χ4n) is 1.21. The number of carbonyl (C=O) groups is 1. The summed E-state index contributed by atoms with van der Waals surface area (Å²) in [6, 6.07) is 2.04. The van der Waals surface area contributed by atoms with E-state index in [0.717, 1.165) is 6.42 Å². The molecule has 0 aliphatic rings. The van der Waals surface area contributed by atoms with Gasteiger partial charge >= 0.3 is 0 Å². The summed E-state index contributed by atoms with van der Waals surface area (Å²) in [6.07, 6.45) is 0.741. The molecule has 0 spiro atoms. The van der Waals surface area contributed by atoms with Crippen LogP contribution in [0.25, 0.3) is 0 Å². The van der Waals surface area contributed by atoms with Crippen LogP contribution in [0.2, 0.25) is 0 Å². The molecular formula is C13H25N3O. The molecular weight excluding hydrogens is 214 g/mol. The predicted molar refractivity (Wildman–Crippen MR) is 69.3 cm³/mol. The van der Waals surface area contributed by atoms with Crippen molar-refractivity contribution < 1.29 is 4.79 Å². The minimum Gasteiger partial charge on any atom is -0.354 e. The van der Waals surface area contributed by atoms with Gasteiger partial charge in [-0.3, -0.25) is 4.79 Å². The van der Waals surface area contributed by atoms with Crippen LogP contribution in [0.1, 0.15) is 41.0 Å². The zero-order valence-corrected chi connectivity index (χ0v) is 11.6. The first kappa shape index (κ1) is 15.9. The lowest BCUT2D eigenvalue weighted by atomic mass is 9.91. The molecule has 0 aliphatic heterocycles. The molecule has 0 saturated heterocycles. The summed E-state index contributed by atoms with van der Waals surface area (Å²) in [5.74, 6) is 0.483. The second-order valence-corrected chi connectivity index (χ2v) is 5.56. The highest BCUT2D eigenvalue weighted by molar-refractivity contribution is 5.81. The summed E-state index contributed by atoms with van der Waals surface area (Å²) in [5, 5.41) is 14.9. The van der Waals surface area contributed by atoms with Gasteiger partial charge in [-0.2, -0.15) is 5.26 Å². The van der Waals surface area contributed by atoms with E-state index in [2.05, 4.69) is 30.6 Å². The molecule has 98 valence electrons. The van der Waals surface area contributed by atoms with Gasteiger partial charge < -0.3 is 10.6 Å². The number of nitrogens with zero attached hydrogens (tertiary/aromatic N) is 1. The lowest BCUT2D eigenvalue weighted by Gasteiger charge is -2.18. The fraction of sp³-hybridized carbons (Fsp3) is 0.846. The van der Waals surface area contributed by atoms with Crippen molar-refractivity contribution in [2.45, 2.75) is 47.1 Å². The third-order valence-electron chi connectivity index (χ3n) is 2.58. The third-order valence-corrected chi connectivity index (χ3v) is 2.58. The Kier molecular flexibility index (Phi) is 6.82. The Morgan fingerprint density at radius 3 is 2.41 bits per heavy atom. The van der Waals surface area contributed by atoms with Gasteiger partial charge in [0.15, 0.2) is 0 Å². The number of nitrogens with one attached hydrogen (secondary N) is 2. The van der Waals surface area contributed by atoms with Gasteiger partial charge in [-0.05, 0) is 39.7 Å². The molecule has 0 aromatic carbocycles. The zero-order chi connectivity index (χ0) is 13.5. The highest BCUT2D eigenvalue weighted by Gasteiger charge is 2.18. The van der Waals surface area contributed by atoms with E-state index in [9.17, 15) is 4.79 Å². The molecule has 0 fully saturated rings. The first-order valence-corrected chi connectivity index (χ1v) is 6.21. The van der Waals surface area contributed by atoms with Gasteiger partial charge in [-0.15, -0.1) is 0 Å². The third kappa shape index (κ3) is 7.76. The monoisotopic (exact) mass is 239 g/mol. The smallest absolute Gasteiger partial charge is 0.236 e. The van der Waals surface area contributed by atoms with Gasteiger partial charge in [0.05, 0.1) is 17.5 Å². The summed E-state index contributed by atoms with van der Waals surface area (Å²) in [4.78, 5) is 11.6. The van der Waals surface area contributed by atoms with Gasteiger partial charge in [0, 0.05) is 6.54 Å². The maximum Gasteiger partial charge on any atom is 0.236 e. The van der Waals surface area contributed by atoms with Crippen molar-refractivity contribution in [1.82, 2.24) is 10.6 Å². The lowest BCUT2D eigenvalue weighted by Crippen LogP contribution is -2.44. The highest BCUT2D eigenvalue weighted by Crippen LogP contribution is 2.17. The van der Waals surface area contributed by atoms with Crippen molar-refractivity contribution in [3.05, 3.63) is 0 Å². The van der Waals surface area contributed by atoms with Crippen LogP contribution in [0.5, 0.6) is 0 Å². The van der Waals surface area contributed by atoms with E-state index in [0.29, 0.717) is 19.0 Å². The molecule has 0 radical (unpaired) electrons. The van der Waals surface area contributed by atoms with Crippen molar-refractivity contribution in [2.75, 3.05) is 13.1 Å². The summed E-state index contributed by atoms with van der Waals surface area (Å²) < 4.78 is 0. The molecule has 1 amide bonds. The van der Waals surface area contributed by atoms with Crippen molar-refractivity contribution in [2.24, 2.45) is 11.3 Å². The molecule has 1 atom stereocenters. The Morgan fingerprint density at radius 2 is 1.94 bits per heavy atom. The Labute approximate surface area is 105 Å².